The monoisotopic (exact) mass is 267 g/mol. The van der Waals surface area contributed by atoms with Crippen molar-refractivity contribution in [2.75, 3.05) is 0 Å². The first-order valence-corrected chi connectivity index (χ1v) is 3.85. The molecule has 1 N–H and O–H groups in total. The van der Waals surface area contributed by atoms with Gasteiger partial charge in [-0.25, -0.2) is 12.2 Å². The zero-order valence-corrected chi connectivity index (χ0v) is 12.8. The number of aromatic hydroxyl groups is 1. The fourth-order valence-electron chi connectivity index (χ4n) is 0.768. The smallest absolute Gasteiger partial charge is 0.115 e. The van der Waals surface area contributed by atoms with Gasteiger partial charge in [0.1, 0.15) is 5.75 Å². The normalized spacial score (nSPS) is 8.71. The Balaban J connectivity index is -0.0000000447. The van der Waals surface area contributed by atoms with E-state index in [1.807, 2.05) is 18.2 Å². The number of phenolic OH excluding ortho intramolecular Hbond substituents is 1. The van der Waals surface area contributed by atoms with Crippen LogP contribution in [0.5, 0.6) is 5.75 Å². The van der Waals surface area contributed by atoms with Crippen molar-refractivity contribution in [2.24, 2.45) is 0 Å². The van der Waals surface area contributed by atoms with Crippen molar-refractivity contribution >= 4 is 0 Å². The van der Waals surface area contributed by atoms with E-state index in [1.54, 1.807) is 24.3 Å². The fourth-order valence-corrected chi connectivity index (χ4v) is 0.768. The van der Waals surface area contributed by atoms with Crippen LogP contribution in [-0.4, -0.2) is 5.11 Å². The summed E-state index contributed by atoms with van der Waals surface area (Å²) in [6.07, 6.45) is 10.0. The van der Waals surface area contributed by atoms with Crippen LogP contribution in [0.1, 0.15) is 6.42 Å². The van der Waals surface area contributed by atoms with E-state index < -0.39 is 0 Å². The van der Waals surface area contributed by atoms with Gasteiger partial charge in [0.2, 0.25) is 0 Å². The molecule has 1 aromatic rings. The molecule has 1 nitrogen and oxygen atoms in total. The van der Waals surface area contributed by atoms with E-state index in [2.05, 4.69) is 12.2 Å². The molecule has 0 saturated heterocycles. The summed E-state index contributed by atoms with van der Waals surface area (Å²) in [5, 5.41) is 8.63. The van der Waals surface area contributed by atoms with Gasteiger partial charge in [-0.15, -0.1) is 6.42 Å². The molecule has 0 bridgehead atoms. The van der Waals surface area contributed by atoms with E-state index in [1.165, 1.54) is 0 Å². The average Bonchev–Trinajstić information content (AvgIpc) is 2.62. The maximum Gasteiger partial charge on any atom is 0.115 e. The minimum Gasteiger partial charge on any atom is -0.508 e. The Hall–Kier alpha value is -0.786. The number of phenols is 1. The molecule has 1 aliphatic rings. The summed E-state index contributed by atoms with van der Waals surface area (Å²) in [6, 6.07) is 8.71. The molecule has 2 rings (SSSR count). The standard InChI is InChI=1S/C6H6O.C5H5.4CH3.Ti/c7-6-4-2-1-3-5-6;1-2-4-5-3-1;;;;;/h1-5,7H;1-3H,4H2;4*1H3;/q;5*-1;. The molecule has 0 spiro atoms. The van der Waals surface area contributed by atoms with Crippen LogP contribution in [-0.2, 0) is 21.7 Å². The van der Waals surface area contributed by atoms with Crippen LogP contribution in [0.25, 0.3) is 0 Å². The Labute approximate surface area is 123 Å². The maximum absolute atomic E-state index is 8.63. The molecule has 98 valence electrons. The van der Waals surface area contributed by atoms with E-state index in [9.17, 15) is 0 Å². The second kappa shape index (κ2) is 20.6. The van der Waals surface area contributed by atoms with Gasteiger partial charge in [0, 0.05) is 21.7 Å². The molecule has 0 aliphatic heterocycles. The number of allylic oxidation sites excluding steroid dienone is 4. The van der Waals surface area contributed by atoms with Gasteiger partial charge in [-0.3, -0.25) is 6.08 Å². The molecule has 0 saturated carbocycles. The molecular formula is C15H23OTi-5. The van der Waals surface area contributed by atoms with Crippen LogP contribution < -0.4 is 0 Å². The second-order valence-electron chi connectivity index (χ2n) is 2.34. The molecule has 0 heterocycles. The predicted octanol–water partition coefficient (Wildman–Crippen LogP) is 4.50. The van der Waals surface area contributed by atoms with Gasteiger partial charge in [-0.1, -0.05) is 18.2 Å². The molecule has 0 unspecified atom stereocenters. The Bertz CT molecular complexity index is 256. The van der Waals surface area contributed by atoms with Crippen molar-refractivity contribution in [1.82, 2.24) is 0 Å². The van der Waals surface area contributed by atoms with E-state index >= 15 is 0 Å². The molecule has 0 fully saturated rings. The molecule has 0 radical (unpaired) electrons. The van der Waals surface area contributed by atoms with Gasteiger partial charge in [0.15, 0.2) is 0 Å². The number of para-hydroxylation sites is 1. The quantitative estimate of drug-likeness (QED) is 0.542. The topological polar surface area (TPSA) is 20.2 Å². The number of hydrogen-bond donors (Lipinski definition) is 1. The molecular weight excluding hydrogens is 244 g/mol. The van der Waals surface area contributed by atoms with Gasteiger partial charge in [0.05, 0.1) is 0 Å². The number of hydrogen-bond acceptors (Lipinski definition) is 1. The van der Waals surface area contributed by atoms with Crippen molar-refractivity contribution in [3.63, 3.8) is 0 Å². The van der Waals surface area contributed by atoms with Gasteiger partial charge < -0.3 is 34.8 Å². The van der Waals surface area contributed by atoms with E-state index in [4.69, 9.17) is 5.11 Å². The minimum atomic E-state index is 0. The maximum atomic E-state index is 8.63. The SMILES string of the molecule is Oc1ccccc1.[C-]1=CC=CC1.[CH3-].[CH3-].[CH3-].[CH3-].[Ti]. The minimum absolute atomic E-state index is 0. The second-order valence-corrected chi connectivity index (χ2v) is 2.34. The first-order chi connectivity index (χ1) is 5.89. The summed E-state index contributed by atoms with van der Waals surface area (Å²) < 4.78 is 0. The van der Waals surface area contributed by atoms with E-state index in [0.717, 1.165) is 6.42 Å². The van der Waals surface area contributed by atoms with Crippen LogP contribution in [0, 0.1) is 35.8 Å². The molecule has 0 atom stereocenters. The Morgan fingerprint density at radius 3 is 1.65 bits per heavy atom. The van der Waals surface area contributed by atoms with Gasteiger partial charge in [0.25, 0.3) is 0 Å². The molecule has 1 aliphatic carbocycles. The molecule has 2 heteroatoms. The van der Waals surface area contributed by atoms with Crippen molar-refractivity contribution in [2.45, 2.75) is 6.42 Å². The van der Waals surface area contributed by atoms with Crippen LogP contribution in [0.2, 0.25) is 0 Å². The van der Waals surface area contributed by atoms with Crippen LogP contribution in [0.15, 0.2) is 48.6 Å². The van der Waals surface area contributed by atoms with E-state index in [0.29, 0.717) is 5.75 Å². The third kappa shape index (κ3) is 17.8. The van der Waals surface area contributed by atoms with Gasteiger partial charge >= 0.3 is 0 Å². The van der Waals surface area contributed by atoms with Crippen LogP contribution in [0.4, 0.5) is 0 Å². The average molecular weight is 267 g/mol. The van der Waals surface area contributed by atoms with Crippen molar-refractivity contribution in [1.29, 1.82) is 0 Å². The summed E-state index contributed by atoms with van der Waals surface area (Å²) in [4.78, 5) is 0. The van der Waals surface area contributed by atoms with Gasteiger partial charge in [-0.2, -0.15) is 6.08 Å². The molecule has 1 aromatic carbocycles. The zero-order valence-electron chi connectivity index (χ0n) is 11.3. The third-order valence-electron chi connectivity index (χ3n) is 1.34. The summed E-state index contributed by atoms with van der Waals surface area (Å²) >= 11 is 0. The first-order valence-electron chi connectivity index (χ1n) is 3.85. The third-order valence-corrected chi connectivity index (χ3v) is 1.34. The Kier molecular flexibility index (Phi) is 36.2. The predicted molar refractivity (Wildman–Crippen MR) is 75.3 cm³/mol. The number of rotatable bonds is 0. The fraction of sp³-hybridized carbons (Fsp3) is 0.0667. The Morgan fingerprint density at radius 2 is 1.47 bits per heavy atom. The summed E-state index contributed by atoms with van der Waals surface area (Å²) in [7, 11) is 0. The van der Waals surface area contributed by atoms with E-state index in [-0.39, 0.29) is 51.4 Å². The molecule has 0 aromatic heterocycles. The van der Waals surface area contributed by atoms with Crippen LogP contribution in [0.3, 0.4) is 0 Å². The first kappa shape index (κ1) is 29.8. The van der Waals surface area contributed by atoms with Crippen molar-refractivity contribution in [3.8, 4) is 5.75 Å². The summed E-state index contributed by atoms with van der Waals surface area (Å²) in [5.74, 6) is 0.322. The van der Waals surface area contributed by atoms with Crippen LogP contribution >= 0.6 is 0 Å². The van der Waals surface area contributed by atoms with Crippen molar-refractivity contribution < 1.29 is 26.8 Å². The molecule has 17 heavy (non-hydrogen) atoms. The van der Waals surface area contributed by atoms with Gasteiger partial charge in [-0.05, 0) is 12.1 Å². The summed E-state index contributed by atoms with van der Waals surface area (Å²) in [6.45, 7) is 0. The zero-order chi connectivity index (χ0) is 8.65. The number of benzene rings is 1. The summed E-state index contributed by atoms with van der Waals surface area (Å²) in [5.41, 5.74) is 0. The molecule has 0 amide bonds. The Morgan fingerprint density at radius 1 is 0.941 bits per heavy atom. The van der Waals surface area contributed by atoms with Crippen molar-refractivity contribution in [3.05, 3.63) is 84.3 Å². The largest absolute Gasteiger partial charge is 0.508 e.